The van der Waals surface area contributed by atoms with Crippen LogP contribution in [0.3, 0.4) is 0 Å². The number of nitrogens with one attached hydrogen (secondary N) is 2. The van der Waals surface area contributed by atoms with E-state index in [-0.39, 0.29) is 11.8 Å². The van der Waals surface area contributed by atoms with Gasteiger partial charge in [-0.3, -0.25) is 4.79 Å². The molecule has 0 fully saturated rings. The quantitative estimate of drug-likeness (QED) is 0.857. The van der Waals surface area contributed by atoms with E-state index < -0.39 is 0 Å². The Hall–Kier alpha value is -2.14. The Morgan fingerprint density at radius 3 is 2.55 bits per heavy atom. The topological polar surface area (TPSA) is 66.9 Å². The summed E-state index contributed by atoms with van der Waals surface area (Å²) in [7, 11) is 0. The van der Waals surface area contributed by atoms with E-state index in [4.69, 9.17) is 11.6 Å². The summed E-state index contributed by atoms with van der Waals surface area (Å²) < 4.78 is 0. The third-order valence-corrected chi connectivity index (χ3v) is 3.28. The molecule has 116 valence electrons. The van der Waals surface area contributed by atoms with E-state index in [0.717, 1.165) is 23.6 Å². The van der Waals surface area contributed by atoms with Gasteiger partial charge in [0.2, 0.25) is 5.91 Å². The van der Waals surface area contributed by atoms with Crippen LogP contribution in [0, 0.1) is 5.92 Å². The normalized spacial score (nSPS) is 10.5. The number of halogens is 1. The second-order valence-corrected chi connectivity index (χ2v) is 5.69. The fraction of sp³-hybridized carbons (Fsp3) is 0.312. The van der Waals surface area contributed by atoms with E-state index in [0.29, 0.717) is 11.6 Å². The van der Waals surface area contributed by atoms with Crippen LogP contribution in [-0.4, -0.2) is 22.6 Å². The van der Waals surface area contributed by atoms with E-state index in [2.05, 4.69) is 20.8 Å². The first-order valence-corrected chi connectivity index (χ1v) is 7.55. The van der Waals surface area contributed by atoms with Crippen LogP contribution in [0.1, 0.15) is 19.4 Å². The molecule has 0 spiro atoms. The molecule has 2 aromatic rings. The van der Waals surface area contributed by atoms with E-state index in [1.165, 1.54) is 0 Å². The Balaban J connectivity index is 1.82. The van der Waals surface area contributed by atoms with Crippen LogP contribution in [0.25, 0.3) is 0 Å². The van der Waals surface area contributed by atoms with Gasteiger partial charge in [-0.2, -0.15) is 0 Å². The van der Waals surface area contributed by atoms with Crippen LogP contribution in [0.2, 0.25) is 5.02 Å². The molecule has 0 saturated carbocycles. The summed E-state index contributed by atoms with van der Waals surface area (Å²) in [6, 6.07) is 11.3. The lowest BCUT2D eigenvalue weighted by atomic mass is 10.1. The molecule has 6 heteroatoms. The van der Waals surface area contributed by atoms with Crippen LogP contribution in [0.4, 0.5) is 11.6 Å². The predicted octanol–water partition coefficient (Wildman–Crippen LogP) is 3.38. The van der Waals surface area contributed by atoms with Crippen molar-refractivity contribution in [3.63, 3.8) is 0 Å². The maximum absolute atomic E-state index is 11.5. The standard InChI is InChI=1S/C16H19ClN4O/c1-11(2)16(22)19-15-7-6-14(20-21-15)18-9-8-12-4-3-5-13(17)10-12/h3-7,10-11H,8-9H2,1-2H3,(H,18,20)(H,19,21,22). The average molecular weight is 319 g/mol. The number of rotatable bonds is 6. The van der Waals surface area contributed by atoms with Crippen molar-refractivity contribution in [3.05, 3.63) is 47.0 Å². The van der Waals surface area contributed by atoms with Crippen molar-refractivity contribution in [1.82, 2.24) is 10.2 Å². The summed E-state index contributed by atoms with van der Waals surface area (Å²) in [5.74, 6) is 0.969. The van der Waals surface area contributed by atoms with Gasteiger partial charge in [0.25, 0.3) is 0 Å². The van der Waals surface area contributed by atoms with E-state index >= 15 is 0 Å². The zero-order valence-electron chi connectivity index (χ0n) is 12.6. The molecule has 0 bridgehead atoms. The highest BCUT2D eigenvalue weighted by atomic mass is 35.5. The molecular weight excluding hydrogens is 300 g/mol. The zero-order valence-corrected chi connectivity index (χ0v) is 13.4. The summed E-state index contributed by atoms with van der Waals surface area (Å²) in [6.45, 7) is 4.38. The summed E-state index contributed by atoms with van der Waals surface area (Å²) >= 11 is 5.94. The van der Waals surface area contributed by atoms with E-state index in [1.54, 1.807) is 12.1 Å². The van der Waals surface area contributed by atoms with Crippen LogP contribution in [-0.2, 0) is 11.2 Å². The van der Waals surface area contributed by atoms with Crippen molar-refractivity contribution in [3.8, 4) is 0 Å². The first-order valence-electron chi connectivity index (χ1n) is 7.17. The SMILES string of the molecule is CC(C)C(=O)Nc1ccc(NCCc2cccc(Cl)c2)nn1. The predicted molar refractivity (Wildman–Crippen MR) is 89.1 cm³/mol. The lowest BCUT2D eigenvalue weighted by Gasteiger charge is -2.08. The lowest BCUT2D eigenvalue weighted by Crippen LogP contribution is -2.19. The first kappa shape index (κ1) is 16.2. The number of nitrogens with zero attached hydrogens (tertiary/aromatic N) is 2. The molecule has 5 nitrogen and oxygen atoms in total. The minimum Gasteiger partial charge on any atom is -0.368 e. The van der Waals surface area contributed by atoms with Gasteiger partial charge in [0, 0.05) is 17.5 Å². The molecule has 2 N–H and O–H groups in total. The van der Waals surface area contributed by atoms with Crippen molar-refractivity contribution < 1.29 is 4.79 Å². The summed E-state index contributed by atoms with van der Waals surface area (Å²) in [4.78, 5) is 11.5. The molecule has 0 radical (unpaired) electrons. The molecule has 1 aromatic heterocycles. The van der Waals surface area contributed by atoms with Crippen LogP contribution >= 0.6 is 11.6 Å². The van der Waals surface area contributed by atoms with Gasteiger partial charge in [0.1, 0.15) is 5.82 Å². The molecule has 0 unspecified atom stereocenters. The number of hydrogen-bond donors (Lipinski definition) is 2. The fourth-order valence-corrected chi connectivity index (χ4v) is 2.00. The highest BCUT2D eigenvalue weighted by molar-refractivity contribution is 6.30. The van der Waals surface area contributed by atoms with Gasteiger partial charge in [-0.25, -0.2) is 0 Å². The van der Waals surface area contributed by atoms with Gasteiger partial charge in [0.05, 0.1) is 0 Å². The number of carbonyl (C=O) groups excluding carboxylic acids is 1. The molecule has 0 aliphatic rings. The van der Waals surface area contributed by atoms with Crippen LogP contribution in [0.5, 0.6) is 0 Å². The molecule has 0 aliphatic carbocycles. The van der Waals surface area contributed by atoms with Gasteiger partial charge >= 0.3 is 0 Å². The van der Waals surface area contributed by atoms with Crippen molar-refractivity contribution in [1.29, 1.82) is 0 Å². The van der Waals surface area contributed by atoms with Crippen molar-refractivity contribution in [2.45, 2.75) is 20.3 Å². The first-order chi connectivity index (χ1) is 10.5. The molecule has 1 heterocycles. The molecule has 2 rings (SSSR count). The smallest absolute Gasteiger partial charge is 0.228 e. The van der Waals surface area contributed by atoms with Gasteiger partial charge in [-0.05, 0) is 36.2 Å². The van der Waals surface area contributed by atoms with E-state index in [1.807, 2.05) is 38.1 Å². The Labute approximate surface area is 135 Å². The van der Waals surface area contributed by atoms with Crippen LogP contribution in [0.15, 0.2) is 36.4 Å². The third kappa shape index (κ3) is 5.00. The second-order valence-electron chi connectivity index (χ2n) is 5.25. The lowest BCUT2D eigenvalue weighted by molar-refractivity contribution is -0.118. The van der Waals surface area contributed by atoms with Gasteiger partial charge in [-0.1, -0.05) is 37.6 Å². The van der Waals surface area contributed by atoms with Crippen LogP contribution < -0.4 is 10.6 Å². The fourth-order valence-electron chi connectivity index (χ4n) is 1.79. The number of hydrogen-bond acceptors (Lipinski definition) is 4. The number of benzene rings is 1. The number of carbonyl (C=O) groups is 1. The summed E-state index contributed by atoms with van der Waals surface area (Å²) in [5, 5.41) is 14.6. The largest absolute Gasteiger partial charge is 0.368 e. The summed E-state index contributed by atoms with van der Waals surface area (Å²) in [6.07, 6.45) is 0.841. The van der Waals surface area contributed by atoms with E-state index in [9.17, 15) is 4.79 Å². The number of amides is 1. The number of aromatic nitrogens is 2. The molecule has 1 aromatic carbocycles. The van der Waals surface area contributed by atoms with Gasteiger partial charge in [-0.15, -0.1) is 10.2 Å². The monoisotopic (exact) mass is 318 g/mol. The molecular formula is C16H19ClN4O. The molecule has 1 amide bonds. The second kappa shape index (κ2) is 7.75. The minimum absolute atomic E-state index is 0.0732. The average Bonchev–Trinajstić information content (AvgIpc) is 2.49. The van der Waals surface area contributed by atoms with Gasteiger partial charge in [0.15, 0.2) is 5.82 Å². The highest BCUT2D eigenvalue weighted by Crippen LogP contribution is 2.12. The maximum Gasteiger partial charge on any atom is 0.228 e. The third-order valence-electron chi connectivity index (χ3n) is 3.05. The maximum atomic E-state index is 11.5. The Morgan fingerprint density at radius 2 is 1.91 bits per heavy atom. The minimum atomic E-state index is -0.0858. The Morgan fingerprint density at radius 1 is 1.18 bits per heavy atom. The molecule has 22 heavy (non-hydrogen) atoms. The van der Waals surface area contributed by atoms with Crippen molar-refractivity contribution in [2.75, 3.05) is 17.2 Å². The Kier molecular flexibility index (Phi) is 5.72. The zero-order chi connectivity index (χ0) is 15.9. The molecule has 0 atom stereocenters. The summed E-state index contributed by atoms with van der Waals surface area (Å²) in [5.41, 5.74) is 1.16. The Bertz CT molecular complexity index is 628. The highest BCUT2D eigenvalue weighted by Gasteiger charge is 2.08. The van der Waals surface area contributed by atoms with Crippen molar-refractivity contribution in [2.24, 2.45) is 5.92 Å². The number of anilines is 2. The van der Waals surface area contributed by atoms with Gasteiger partial charge < -0.3 is 10.6 Å². The molecule has 0 aliphatic heterocycles. The molecule has 0 saturated heterocycles. The van der Waals surface area contributed by atoms with Crippen molar-refractivity contribution >= 4 is 29.1 Å².